The molecular formula is C4H8NO3S-. The smallest absolute Gasteiger partial charge is 0.152 e. The first kappa shape index (κ1) is 6.98. The minimum atomic E-state index is -2.86. The van der Waals surface area contributed by atoms with Gasteiger partial charge in [-0.1, -0.05) is 0 Å². The summed E-state index contributed by atoms with van der Waals surface area (Å²) in [5, 5.41) is 11.2. The van der Waals surface area contributed by atoms with E-state index in [4.69, 9.17) is 0 Å². The van der Waals surface area contributed by atoms with E-state index in [1.165, 1.54) is 0 Å². The second-order valence-electron chi connectivity index (χ2n) is 2.08. The van der Waals surface area contributed by atoms with E-state index in [-0.39, 0.29) is 24.6 Å². The van der Waals surface area contributed by atoms with Gasteiger partial charge in [0.25, 0.3) is 0 Å². The van der Waals surface area contributed by atoms with Crippen LogP contribution in [0.3, 0.4) is 0 Å². The number of hydrogen-bond donors (Lipinski definition) is 0. The summed E-state index contributed by atoms with van der Waals surface area (Å²) in [6, 6.07) is 0. The van der Waals surface area contributed by atoms with Gasteiger partial charge in [0.1, 0.15) is 0 Å². The first-order valence-electron chi connectivity index (χ1n) is 2.73. The van der Waals surface area contributed by atoms with Crippen molar-refractivity contribution in [2.24, 2.45) is 0 Å². The van der Waals surface area contributed by atoms with Crippen LogP contribution in [0.5, 0.6) is 0 Å². The average molecular weight is 150 g/mol. The van der Waals surface area contributed by atoms with E-state index in [0.29, 0.717) is 0 Å². The second kappa shape index (κ2) is 2.24. The number of hydroxylamine groups is 2. The molecule has 0 aliphatic carbocycles. The third-order valence-corrected chi connectivity index (χ3v) is 2.91. The average Bonchev–Trinajstić information content (AvgIpc) is 1.78. The lowest BCUT2D eigenvalue weighted by molar-refractivity contribution is 0.404. The lowest BCUT2D eigenvalue weighted by Gasteiger charge is -2.31. The minimum Gasteiger partial charge on any atom is -0.785 e. The zero-order valence-corrected chi connectivity index (χ0v) is 5.73. The maximum absolute atomic E-state index is 10.6. The maximum atomic E-state index is 10.6. The van der Waals surface area contributed by atoms with Gasteiger partial charge >= 0.3 is 0 Å². The van der Waals surface area contributed by atoms with Gasteiger partial charge in [-0.15, -0.1) is 0 Å². The van der Waals surface area contributed by atoms with Crippen molar-refractivity contribution >= 4 is 9.84 Å². The zero-order valence-electron chi connectivity index (χ0n) is 4.91. The summed E-state index contributed by atoms with van der Waals surface area (Å²) in [6.45, 7) is 0.282. The summed E-state index contributed by atoms with van der Waals surface area (Å²) in [4.78, 5) is 0. The number of nitrogens with zero attached hydrogens (tertiary/aromatic N) is 1. The van der Waals surface area contributed by atoms with Gasteiger partial charge in [-0.3, -0.25) is 0 Å². The van der Waals surface area contributed by atoms with Crippen molar-refractivity contribution in [2.45, 2.75) is 0 Å². The lowest BCUT2D eigenvalue weighted by Crippen LogP contribution is -2.36. The number of hydrogen-bond acceptors (Lipinski definition) is 4. The summed E-state index contributed by atoms with van der Waals surface area (Å²) in [7, 11) is -2.86. The van der Waals surface area contributed by atoms with E-state index in [1.807, 2.05) is 0 Å². The Balaban J connectivity index is 2.55. The quantitative estimate of drug-likeness (QED) is 0.454. The SMILES string of the molecule is O=S1(=O)CCN([O-])CC1. The zero-order chi connectivity index (χ0) is 6.91. The van der Waals surface area contributed by atoms with Gasteiger partial charge < -0.3 is 10.3 Å². The van der Waals surface area contributed by atoms with Crippen LogP contribution >= 0.6 is 0 Å². The molecule has 1 heterocycles. The van der Waals surface area contributed by atoms with E-state index in [2.05, 4.69) is 0 Å². The minimum absolute atomic E-state index is 0.0243. The molecule has 0 bridgehead atoms. The van der Waals surface area contributed by atoms with Crippen molar-refractivity contribution in [1.82, 2.24) is 5.06 Å². The van der Waals surface area contributed by atoms with Crippen LogP contribution in [-0.4, -0.2) is 38.1 Å². The monoisotopic (exact) mass is 150 g/mol. The topological polar surface area (TPSA) is 60.4 Å². The second-order valence-corrected chi connectivity index (χ2v) is 4.38. The molecule has 0 radical (unpaired) electrons. The molecule has 0 aromatic rings. The Morgan fingerprint density at radius 3 is 2.00 bits per heavy atom. The molecule has 0 aromatic carbocycles. The van der Waals surface area contributed by atoms with Crippen molar-refractivity contribution < 1.29 is 8.42 Å². The maximum Gasteiger partial charge on any atom is 0.152 e. The molecular weight excluding hydrogens is 142 g/mol. The summed E-state index contributed by atoms with van der Waals surface area (Å²) in [5.74, 6) is 0.0486. The summed E-state index contributed by atoms with van der Waals surface area (Å²) >= 11 is 0. The molecule has 0 spiro atoms. The molecule has 1 aliphatic heterocycles. The van der Waals surface area contributed by atoms with Crippen molar-refractivity contribution in [3.63, 3.8) is 0 Å². The highest BCUT2D eigenvalue weighted by atomic mass is 32.2. The van der Waals surface area contributed by atoms with Gasteiger partial charge in [-0.2, -0.15) is 0 Å². The molecule has 1 fully saturated rings. The molecule has 4 nitrogen and oxygen atoms in total. The highest BCUT2D eigenvalue weighted by Crippen LogP contribution is 2.00. The molecule has 5 heteroatoms. The van der Waals surface area contributed by atoms with E-state index < -0.39 is 9.84 Å². The fourth-order valence-corrected chi connectivity index (χ4v) is 1.86. The number of sulfone groups is 1. The van der Waals surface area contributed by atoms with Gasteiger partial charge in [-0.05, 0) is 13.1 Å². The van der Waals surface area contributed by atoms with Crippen molar-refractivity contribution in [1.29, 1.82) is 0 Å². The molecule has 9 heavy (non-hydrogen) atoms. The first-order chi connectivity index (χ1) is 4.10. The normalized spacial score (nSPS) is 28.1. The third kappa shape index (κ3) is 1.92. The Morgan fingerprint density at radius 2 is 1.67 bits per heavy atom. The Labute approximate surface area is 54.0 Å². The largest absolute Gasteiger partial charge is 0.785 e. The van der Waals surface area contributed by atoms with Crippen LogP contribution in [0.4, 0.5) is 0 Å². The van der Waals surface area contributed by atoms with E-state index in [0.717, 1.165) is 5.06 Å². The molecule has 1 rings (SSSR count). The Kier molecular flexibility index (Phi) is 1.74. The standard InChI is InChI=1S/C4H8NO3S/c6-5-1-3-9(7,8)4-2-5/h1-4H2/q-1. The molecule has 1 aliphatic rings. The van der Waals surface area contributed by atoms with Crippen LogP contribution in [0.1, 0.15) is 0 Å². The van der Waals surface area contributed by atoms with E-state index in [9.17, 15) is 13.6 Å². The molecule has 0 saturated carbocycles. The van der Waals surface area contributed by atoms with Crippen LogP contribution in [0.2, 0.25) is 0 Å². The predicted octanol–water partition coefficient (Wildman–Crippen LogP) is -0.785. The van der Waals surface area contributed by atoms with Gasteiger partial charge in [0.05, 0.1) is 11.5 Å². The summed E-state index contributed by atoms with van der Waals surface area (Å²) < 4.78 is 21.3. The molecule has 0 N–H and O–H groups in total. The summed E-state index contributed by atoms with van der Waals surface area (Å²) in [5.41, 5.74) is 0. The highest BCUT2D eigenvalue weighted by molar-refractivity contribution is 7.91. The molecule has 54 valence electrons. The Bertz CT molecular complexity index is 172. The van der Waals surface area contributed by atoms with Crippen molar-refractivity contribution in [3.8, 4) is 0 Å². The van der Waals surface area contributed by atoms with Gasteiger partial charge in [0.2, 0.25) is 0 Å². The Morgan fingerprint density at radius 1 is 1.22 bits per heavy atom. The molecule has 0 aromatic heterocycles. The van der Waals surface area contributed by atoms with Gasteiger partial charge in [-0.25, -0.2) is 8.42 Å². The Hall–Kier alpha value is -0.130. The number of rotatable bonds is 0. The first-order valence-corrected chi connectivity index (χ1v) is 4.55. The third-order valence-electron chi connectivity index (χ3n) is 1.30. The highest BCUT2D eigenvalue weighted by Gasteiger charge is 2.15. The van der Waals surface area contributed by atoms with Crippen LogP contribution in [0, 0.1) is 5.21 Å². The summed E-state index contributed by atoms with van der Waals surface area (Å²) in [6.07, 6.45) is 0. The fourth-order valence-electron chi connectivity index (χ4n) is 0.696. The van der Waals surface area contributed by atoms with Crippen LogP contribution < -0.4 is 0 Å². The van der Waals surface area contributed by atoms with Gasteiger partial charge in [0.15, 0.2) is 9.84 Å². The molecule has 0 unspecified atom stereocenters. The fraction of sp³-hybridized carbons (Fsp3) is 1.00. The molecule has 0 amide bonds. The predicted molar refractivity (Wildman–Crippen MR) is 33.6 cm³/mol. The van der Waals surface area contributed by atoms with Crippen LogP contribution in [-0.2, 0) is 9.84 Å². The van der Waals surface area contributed by atoms with Gasteiger partial charge in [0, 0.05) is 0 Å². The van der Waals surface area contributed by atoms with E-state index >= 15 is 0 Å². The van der Waals surface area contributed by atoms with Crippen LogP contribution in [0.15, 0.2) is 0 Å². The molecule has 0 atom stereocenters. The van der Waals surface area contributed by atoms with Crippen molar-refractivity contribution in [3.05, 3.63) is 5.21 Å². The van der Waals surface area contributed by atoms with Crippen molar-refractivity contribution in [2.75, 3.05) is 24.6 Å². The molecule has 1 saturated heterocycles. The van der Waals surface area contributed by atoms with E-state index in [1.54, 1.807) is 0 Å². The van der Waals surface area contributed by atoms with Crippen LogP contribution in [0.25, 0.3) is 0 Å². The lowest BCUT2D eigenvalue weighted by atomic mass is 10.6.